The summed E-state index contributed by atoms with van der Waals surface area (Å²) in [6.45, 7) is 8.05. The Balaban J connectivity index is 0.000000245. The molecule has 1 N–H and O–H groups in total. The first-order valence-electron chi connectivity index (χ1n) is 12.7. The molecule has 2 aliphatic heterocycles. The molecule has 37 heavy (non-hydrogen) atoms. The third-order valence-corrected chi connectivity index (χ3v) is 7.52. The standard InChI is InChI=1S/C22H27NO3.C7H8O3S/c1-2-6-21-22(25-15-13-23(21)14-16-26-22)19-9-11-20(12-10-19)24-17-18-7-4-3-5-8-18;1-6-2-4-7(5-3-6)11(8,9)10/h3-5,7-12,21H,2,6,13-17H2,1H3;2-5H,1H3,(H,8,9,10). The predicted octanol–water partition coefficient (Wildman–Crippen LogP) is 5.19. The molecule has 2 heterocycles. The van der Waals surface area contributed by atoms with Crippen LogP contribution in [0.5, 0.6) is 5.75 Å². The fraction of sp³-hybridized carbons (Fsp3) is 0.379. The van der Waals surface area contributed by atoms with E-state index in [0.717, 1.165) is 42.8 Å². The lowest BCUT2D eigenvalue weighted by molar-refractivity contribution is -0.330. The smallest absolute Gasteiger partial charge is 0.294 e. The summed E-state index contributed by atoms with van der Waals surface area (Å²) in [5.74, 6) is 0.231. The van der Waals surface area contributed by atoms with Crippen molar-refractivity contribution in [2.75, 3.05) is 26.3 Å². The van der Waals surface area contributed by atoms with E-state index in [9.17, 15) is 8.42 Å². The van der Waals surface area contributed by atoms with Crippen molar-refractivity contribution >= 4 is 10.1 Å². The van der Waals surface area contributed by atoms with Gasteiger partial charge in [0.2, 0.25) is 5.79 Å². The second kappa shape index (κ2) is 12.2. The van der Waals surface area contributed by atoms with Gasteiger partial charge < -0.3 is 14.2 Å². The van der Waals surface area contributed by atoms with Crippen molar-refractivity contribution < 1.29 is 27.2 Å². The molecule has 1 atom stereocenters. The van der Waals surface area contributed by atoms with E-state index in [1.165, 1.54) is 17.7 Å². The lowest BCUT2D eigenvalue weighted by atomic mass is 9.90. The summed E-state index contributed by atoms with van der Waals surface area (Å²) in [6, 6.07) is 24.7. The maximum Gasteiger partial charge on any atom is 0.294 e. The summed E-state index contributed by atoms with van der Waals surface area (Å²) < 4.78 is 48.0. The highest BCUT2D eigenvalue weighted by atomic mass is 32.2. The monoisotopic (exact) mass is 525 g/mol. The average molecular weight is 526 g/mol. The molecule has 0 saturated carbocycles. The summed E-state index contributed by atoms with van der Waals surface area (Å²) in [5, 5.41) is 0. The molecule has 2 bridgehead atoms. The van der Waals surface area contributed by atoms with Crippen molar-refractivity contribution in [2.45, 2.75) is 50.0 Å². The van der Waals surface area contributed by atoms with Gasteiger partial charge in [0.05, 0.1) is 24.2 Å². The largest absolute Gasteiger partial charge is 0.489 e. The van der Waals surface area contributed by atoms with Crippen molar-refractivity contribution in [2.24, 2.45) is 0 Å². The number of nitrogens with zero attached hydrogens (tertiary/aromatic N) is 1. The van der Waals surface area contributed by atoms with Gasteiger partial charge in [0, 0.05) is 18.7 Å². The van der Waals surface area contributed by atoms with Crippen LogP contribution in [0.1, 0.15) is 36.5 Å². The number of hydrogen-bond donors (Lipinski definition) is 1. The lowest BCUT2D eigenvalue weighted by Gasteiger charge is -2.53. The number of morpholine rings is 2. The van der Waals surface area contributed by atoms with Crippen LogP contribution in [0, 0.1) is 6.92 Å². The van der Waals surface area contributed by atoms with Crippen LogP contribution in [-0.2, 0) is 32.0 Å². The number of hydrogen-bond acceptors (Lipinski definition) is 6. The Labute approximate surface area is 219 Å². The van der Waals surface area contributed by atoms with Crippen LogP contribution in [0.25, 0.3) is 0 Å². The molecule has 7 nitrogen and oxygen atoms in total. The zero-order chi connectivity index (χ0) is 26.3. The molecule has 0 radical (unpaired) electrons. The molecule has 0 aromatic heterocycles. The minimum Gasteiger partial charge on any atom is -0.489 e. The molecule has 0 amide bonds. The van der Waals surface area contributed by atoms with Crippen molar-refractivity contribution in [3.05, 3.63) is 95.6 Å². The van der Waals surface area contributed by atoms with Gasteiger partial charge in [-0.3, -0.25) is 9.45 Å². The third-order valence-electron chi connectivity index (χ3n) is 6.66. The minimum atomic E-state index is -4.02. The Morgan fingerprint density at radius 1 is 0.946 bits per heavy atom. The quantitative estimate of drug-likeness (QED) is 0.425. The van der Waals surface area contributed by atoms with E-state index in [1.807, 2.05) is 37.3 Å². The van der Waals surface area contributed by atoms with Crippen LogP contribution in [0.3, 0.4) is 0 Å². The highest BCUT2D eigenvalue weighted by molar-refractivity contribution is 7.85. The highest BCUT2D eigenvalue weighted by Gasteiger charge is 2.50. The number of aryl methyl sites for hydroxylation is 1. The van der Waals surface area contributed by atoms with Gasteiger partial charge in [-0.15, -0.1) is 0 Å². The van der Waals surface area contributed by atoms with Gasteiger partial charge in [0.25, 0.3) is 10.1 Å². The fourth-order valence-corrected chi connectivity index (χ4v) is 5.25. The lowest BCUT2D eigenvalue weighted by Crippen LogP contribution is -2.63. The predicted molar refractivity (Wildman–Crippen MR) is 142 cm³/mol. The first-order valence-corrected chi connectivity index (χ1v) is 14.1. The van der Waals surface area contributed by atoms with E-state index < -0.39 is 15.9 Å². The summed E-state index contributed by atoms with van der Waals surface area (Å²) in [7, 11) is -4.02. The molecule has 3 aromatic carbocycles. The Morgan fingerprint density at radius 3 is 2.14 bits per heavy atom. The maximum atomic E-state index is 10.5. The van der Waals surface area contributed by atoms with Crippen LogP contribution >= 0.6 is 0 Å². The molecule has 0 aliphatic carbocycles. The normalized spacial score (nSPS) is 23.0. The zero-order valence-electron chi connectivity index (χ0n) is 21.4. The van der Waals surface area contributed by atoms with Crippen molar-refractivity contribution in [1.29, 1.82) is 0 Å². The van der Waals surface area contributed by atoms with Gasteiger partial charge in [0.15, 0.2) is 0 Å². The molecule has 198 valence electrons. The zero-order valence-corrected chi connectivity index (χ0v) is 22.2. The Hall–Kier alpha value is -2.75. The molecular formula is C29H35NO6S. The van der Waals surface area contributed by atoms with E-state index in [2.05, 4.69) is 36.1 Å². The Kier molecular flexibility index (Phi) is 9.00. The van der Waals surface area contributed by atoms with Crippen LogP contribution in [0.15, 0.2) is 83.8 Å². The fourth-order valence-electron chi connectivity index (χ4n) is 4.77. The van der Waals surface area contributed by atoms with E-state index in [4.69, 9.17) is 18.8 Å². The third kappa shape index (κ3) is 6.77. The number of fused-ring (bicyclic) bond motifs is 2. The maximum absolute atomic E-state index is 10.5. The number of ether oxygens (including phenoxy) is 3. The highest BCUT2D eigenvalue weighted by Crippen LogP contribution is 2.41. The van der Waals surface area contributed by atoms with E-state index in [-0.39, 0.29) is 10.9 Å². The molecule has 5 rings (SSSR count). The van der Waals surface area contributed by atoms with Crippen LogP contribution < -0.4 is 4.74 Å². The molecule has 8 heteroatoms. The van der Waals surface area contributed by atoms with Gasteiger partial charge >= 0.3 is 0 Å². The van der Waals surface area contributed by atoms with Gasteiger partial charge in [0.1, 0.15) is 12.4 Å². The molecule has 2 fully saturated rings. The van der Waals surface area contributed by atoms with Crippen molar-refractivity contribution in [3.63, 3.8) is 0 Å². The topological polar surface area (TPSA) is 85.3 Å². The molecule has 0 spiro atoms. The minimum absolute atomic E-state index is 0.0666. The van der Waals surface area contributed by atoms with Crippen molar-refractivity contribution in [3.8, 4) is 5.75 Å². The van der Waals surface area contributed by atoms with E-state index in [1.54, 1.807) is 12.1 Å². The SMILES string of the molecule is CCCC1N2CCOC1(c1ccc(OCc3ccccc3)cc1)OCC2.Cc1ccc(S(=O)(=O)O)cc1. The number of benzene rings is 3. The van der Waals surface area contributed by atoms with Crippen LogP contribution in [-0.4, -0.2) is 50.2 Å². The van der Waals surface area contributed by atoms with Gasteiger partial charge in [-0.2, -0.15) is 8.42 Å². The van der Waals surface area contributed by atoms with E-state index >= 15 is 0 Å². The second-order valence-corrected chi connectivity index (χ2v) is 10.7. The summed E-state index contributed by atoms with van der Waals surface area (Å²) in [5.41, 5.74) is 3.21. The Bertz CT molecular complexity index is 1220. The van der Waals surface area contributed by atoms with Gasteiger partial charge in [-0.1, -0.05) is 61.4 Å². The molecule has 3 aromatic rings. The summed E-state index contributed by atoms with van der Waals surface area (Å²) >= 11 is 0. The second-order valence-electron chi connectivity index (χ2n) is 9.29. The summed E-state index contributed by atoms with van der Waals surface area (Å²) in [4.78, 5) is 2.46. The average Bonchev–Trinajstić information content (AvgIpc) is 2.89. The van der Waals surface area contributed by atoms with Crippen LogP contribution in [0.2, 0.25) is 0 Å². The van der Waals surface area contributed by atoms with Crippen LogP contribution in [0.4, 0.5) is 0 Å². The molecular weight excluding hydrogens is 490 g/mol. The molecule has 2 aliphatic rings. The Morgan fingerprint density at radius 2 is 1.57 bits per heavy atom. The first kappa shape index (κ1) is 27.3. The molecule has 1 unspecified atom stereocenters. The van der Waals surface area contributed by atoms with Gasteiger partial charge in [-0.05, 0) is 55.3 Å². The van der Waals surface area contributed by atoms with Crippen molar-refractivity contribution in [1.82, 2.24) is 4.90 Å². The van der Waals surface area contributed by atoms with E-state index in [0.29, 0.717) is 19.8 Å². The first-order chi connectivity index (χ1) is 17.8. The molecule has 2 saturated heterocycles. The summed E-state index contributed by atoms with van der Waals surface area (Å²) in [6.07, 6.45) is 2.19. The van der Waals surface area contributed by atoms with Gasteiger partial charge in [-0.25, -0.2) is 0 Å². The number of rotatable bonds is 7.